The molecule has 0 bridgehead atoms. The van der Waals surface area contributed by atoms with Crippen molar-refractivity contribution in [2.24, 2.45) is 4.99 Å². The number of ether oxygens (including phenoxy) is 1. The lowest BCUT2D eigenvalue weighted by Crippen LogP contribution is -2.48. The number of benzene rings is 1. The molecule has 0 unspecified atom stereocenters. The summed E-state index contributed by atoms with van der Waals surface area (Å²) in [5.74, 6) is 1.25. The Labute approximate surface area is 164 Å². The molecule has 1 aromatic carbocycles. The molecule has 0 atom stereocenters. The summed E-state index contributed by atoms with van der Waals surface area (Å²) < 4.78 is 5.14. The van der Waals surface area contributed by atoms with Crippen molar-refractivity contribution < 1.29 is 9.84 Å². The van der Waals surface area contributed by atoms with Gasteiger partial charge in [-0.3, -0.25) is 4.99 Å². The average molecular weight is 377 g/mol. The van der Waals surface area contributed by atoms with E-state index >= 15 is 0 Å². The first-order valence-electron chi connectivity index (χ1n) is 10.2. The van der Waals surface area contributed by atoms with E-state index in [0.717, 1.165) is 77.4 Å². The van der Waals surface area contributed by atoms with Gasteiger partial charge in [0.2, 0.25) is 0 Å². The van der Waals surface area contributed by atoms with Gasteiger partial charge in [0.1, 0.15) is 5.75 Å². The van der Waals surface area contributed by atoms with Crippen LogP contribution in [0.4, 0.5) is 0 Å². The third-order valence-corrected chi connectivity index (χ3v) is 4.93. The summed E-state index contributed by atoms with van der Waals surface area (Å²) in [4.78, 5) is 7.26. The summed E-state index contributed by atoms with van der Waals surface area (Å²) in [5.41, 5.74) is 1.24. The molecule has 1 heterocycles. The predicted molar refractivity (Wildman–Crippen MR) is 111 cm³/mol. The summed E-state index contributed by atoms with van der Waals surface area (Å²) in [7, 11) is 1.77. The summed E-state index contributed by atoms with van der Waals surface area (Å²) in [6.07, 6.45) is 5.40. The topological polar surface area (TPSA) is 69.1 Å². The van der Waals surface area contributed by atoms with Crippen LogP contribution in [0.5, 0.6) is 5.75 Å². The molecule has 1 fully saturated rings. The molecule has 1 aliphatic heterocycles. The first-order valence-corrected chi connectivity index (χ1v) is 10.2. The van der Waals surface area contributed by atoms with Crippen molar-refractivity contribution in [2.45, 2.75) is 45.1 Å². The Kier molecular flexibility index (Phi) is 10.0. The Hall–Kier alpha value is -1.79. The highest BCUT2D eigenvalue weighted by atomic mass is 16.5. The van der Waals surface area contributed by atoms with Crippen molar-refractivity contribution in [1.29, 1.82) is 0 Å². The van der Waals surface area contributed by atoms with Crippen LogP contribution in [-0.4, -0.2) is 68.4 Å². The van der Waals surface area contributed by atoms with E-state index in [-0.39, 0.29) is 0 Å². The van der Waals surface area contributed by atoms with Crippen LogP contribution < -0.4 is 10.6 Å². The number of nitrogens with one attached hydrogen (secondary N) is 2. The highest BCUT2D eigenvalue weighted by Gasteiger charge is 2.19. The molecule has 0 aromatic heterocycles. The minimum atomic E-state index is 0.320. The van der Waals surface area contributed by atoms with Crippen molar-refractivity contribution >= 4 is 5.96 Å². The Balaban J connectivity index is 1.69. The van der Waals surface area contributed by atoms with Crippen LogP contribution >= 0.6 is 0 Å². The molecule has 2 rings (SSSR count). The van der Waals surface area contributed by atoms with E-state index in [4.69, 9.17) is 9.73 Å². The van der Waals surface area contributed by atoms with Crippen LogP contribution in [0.2, 0.25) is 0 Å². The van der Waals surface area contributed by atoms with Crippen molar-refractivity contribution in [2.75, 3.05) is 46.4 Å². The molecule has 27 heavy (non-hydrogen) atoms. The number of aliphatic imine (C=N–C) groups is 1. The molecule has 1 aromatic rings. The molecular formula is C21H36N4O2. The van der Waals surface area contributed by atoms with Crippen LogP contribution in [0, 0.1) is 0 Å². The first-order chi connectivity index (χ1) is 13.2. The first kappa shape index (κ1) is 21.5. The van der Waals surface area contributed by atoms with Crippen LogP contribution in [0.25, 0.3) is 0 Å². The molecule has 3 N–H and O–H groups in total. The van der Waals surface area contributed by atoms with E-state index in [9.17, 15) is 5.11 Å². The number of nitrogens with zero attached hydrogens (tertiary/aromatic N) is 2. The van der Waals surface area contributed by atoms with E-state index in [2.05, 4.69) is 22.5 Å². The molecule has 0 amide bonds. The fraction of sp³-hybridized carbons (Fsp3) is 0.667. The van der Waals surface area contributed by atoms with Crippen LogP contribution in [-0.2, 0) is 11.2 Å². The second-order valence-corrected chi connectivity index (χ2v) is 7.14. The van der Waals surface area contributed by atoms with Gasteiger partial charge in [-0.15, -0.1) is 0 Å². The number of hydrogen-bond donors (Lipinski definition) is 3. The summed E-state index contributed by atoms with van der Waals surface area (Å²) in [6, 6.07) is 7.93. The van der Waals surface area contributed by atoms with Gasteiger partial charge in [-0.25, -0.2) is 0 Å². The number of likely N-dealkylation sites (tertiary alicyclic amines) is 1. The van der Waals surface area contributed by atoms with Gasteiger partial charge < -0.3 is 25.4 Å². The molecule has 6 nitrogen and oxygen atoms in total. The van der Waals surface area contributed by atoms with Gasteiger partial charge in [0.05, 0.1) is 0 Å². The third kappa shape index (κ3) is 8.63. The smallest absolute Gasteiger partial charge is 0.191 e. The molecule has 1 saturated heterocycles. The minimum absolute atomic E-state index is 0.320. The zero-order valence-electron chi connectivity index (χ0n) is 16.9. The maximum absolute atomic E-state index is 9.34. The minimum Gasteiger partial charge on any atom is -0.508 e. The molecule has 0 aliphatic carbocycles. The Morgan fingerprint density at radius 1 is 1.22 bits per heavy atom. The van der Waals surface area contributed by atoms with Gasteiger partial charge in [-0.1, -0.05) is 12.1 Å². The Morgan fingerprint density at radius 2 is 1.96 bits per heavy atom. The highest BCUT2D eigenvalue weighted by molar-refractivity contribution is 5.80. The number of aromatic hydroxyl groups is 1. The van der Waals surface area contributed by atoms with E-state index < -0.39 is 0 Å². The zero-order chi connectivity index (χ0) is 19.3. The number of piperidine rings is 1. The molecule has 6 heteroatoms. The summed E-state index contributed by atoms with van der Waals surface area (Å²) in [6.45, 7) is 8.03. The van der Waals surface area contributed by atoms with Crippen molar-refractivity contribution in [1.82, 2.24) is 15.5 Å². The zero-order valence-corrected chi connectivity index (χ0v) is 16.9. The van der Waals surface area contributed by atoms with E-state index in [1.807, 2.05) is 12.1 Å². The SMILES string of the molecule is CCNC(=NCCCc1ccc(O)cc1)NC1CCN(CCCOC)CC1. The number of methoxy groups -OCH3 is 1. The number of phenols is 1. The number of phenolic OH excluding ortho intramolecular Hbond substituents is 1. The predicted octanol–water partition coefficient (Wildman–Crippen LogP) is 2.38. The Morgan fingerprint density at radius 3 is 2.63 bits per heavy atom. The lowest BCUT2D eigenvalue weighted by atomic mass is 10.1. The molecular weight excluding hydrogens is 340 g/mol. The lowest BCUT2D eigenvalue weighted by molar-refractivity contribution is 0.155. The second-order valence-electron chi connectivity index (χ2n) is 7.14. The fourth-order valence-electron chi connectivity index (χ4n) is 3.38. The largest absolute Gasteiger partial charge is 0.508 e. The molecule has 0 saturated carbocycles. The van der Waals surface area contributed by atoms with Gasteiger partial charge >= 0.3 is 0 Å². The van der Waals surface area contributed by atoms with E-state index in [1.165, 1.54) is 5.56 Å². The van der Waals surface area contributed by atoms with E-state index in [1.54, 1.807) is 19.2 Å². The molecule has 0 spiro atoms. The Bertz CT molecular complexity index is 540. The molecule has 152 valence electrons. The summed E-state index contributed by atoms with van der Waals surface area (Å²) in [5, 5.41) is 16.3. The van der Waals surface area contributed by atoms with Crippen LogP contribution in [0.3, 0.4) is 0 Å². The van der Waals surface area contributed by atoms with Crippen molar-refractivity contribution in [3.8, 4) is 5.75 Å². The third-order valence-electron chi connectivity index (χ3n) is 4.93. The molecule has 0 radical (unpaired) electrons. The van der Waals surface area contributed by atoms with Gasteiger partial charge in [0.25, 0.3) is 0 Å². The van der Waals surface area contributed by atoms with Gasteiger partial charge in [0, 0.05) is 52.5 Å². The molecule has 1 aliphatic rings. The maximum Gasteiger partial charge on any atom is 0.191 e. The quantitative estimate of drug-likeness (QED) is 0.332. The van der Waals surface area contributed by atoms with Crippen molar-refractivity contribution in [3.05, 3.63) is 29.8 Å². The second kappa shape index (κ2) is 12.6. The van der Waals surface area contributed by atoms with Gasteiger partial charge in [-0.05, 0) is 56.7 Å². The summed E-state index contributed by atoms with van der Waals surface area (Å²) >= 11 is 0. The van der Waals surface area contributed by atoms with Gasteiger partial charge in [-0.2, -0.15) is 0 Å². The standard InChI is InChI=1S/C21H36N4O2/c1-3-22-21(23-13-4-6-18-7-9-20(26)10-8-18)24-19-11-15-25(16-12-19)14-5-17-27-2/h7-10,19,26H,3-6,11-17H2,1-2H3,(H2,22,23,24). The average Bonchev–Trinajstić information content (AvgIpc) is 2.68. The van der Waals surface area contributed by atoms with E-state index in [0.29, 0.717) is 11.8 Å². The number of aryl methyl sites for hydroxylation is 1. The number of guanidine groups is 1. The highest BCUT2D eigenvalue weighted by Crippen LogP contribution is 2.12. The fourth-order valence-corrected chi connectivity index (χ4v) is 3.38. The van der Waals surface area contributed by atoms with Gasteiger partial charge in [0.15, 0.2) is 5.96 Å². The van der Waals surface area contributed by atoms with Crippen LogP contribution in [0.15, 0.2) is 29.3 Å². The van der Waals surface area contributed by atoms with Crippen LogP contribution in [0.1, 0.15) is 38.2 Å². The number of hydrogen-bond acceptors (Lipinski definition) is 4. The van der Waals surface area contributed by atoms with Crippen molar-refractivity contribution in [3.63, 3.8) is 0 Å². The normalized spacial score (nSPS) is 16.4. The lowest BCUT2D eigenvalue weighted by Gasteiger charge is -2.33. The monoisotopic (exact) mass is 376 g/mol. The maximum atomic E-state index is 9.34. The number of rotatable bonds is 10.